The maximum absolute atomic E-state index is 13.3. The lowest BCUT2D eigenvalue weighted by Crippen LogP contribution is -2.53. The predicted octanol–water partition coefficient (Wildman–Crippen LogP) is 2.53. The van der Waals surface area contributed by atoms with Crippen LogP contribution in [0, 0.1) is 11.1 Å². The van der Waals surface area contributed by atoms with Gasteiger partial charge in [-0.1, -0.05) is 55.0 Å². The molecule has 2 aromatic rings. The fourth-order valence-corrected chi connectivity index (χ4v) is 3.77. The SMILES string of the molecule is NCCCCCC(=O)C1CC(=O)[N+]([O-])(C(=O)c2ccccc2C(=O)c2ccccc2)C1=O. The van der Waals surface area contributed by atoms with Crippen LogP contribution in [0.1, 0.15) is 58.4 Å². The van der Waals surface area contributed by atoms with E-state index >= 15 is 0 Å². The summed E-state index contributed by atoms with van der Waals surface area (Å²) in [6.45, 7) is 0.477. The maximum atomic E-state index is 13.3. The molecule has 3 amide bonds. The molecule has 0 radical (unpaired) electrons. The van der Waals surface area contributed by atoms with Crippen molar-refractivity contribution in [2.24, 2.45) is 11.7 Å². The number of amides is 3. The van der Waals surface area contributed by atoms with E-state index in [1.807, 2.05) is 0 Å². The smallest absolute Gasteiger partial charge is 0.361 e. The Morgan fingerprint density at radius 3 is 2.19 bits per heavy atom. The molecule has 2 atom stereocenters. The van der Waals surface area contributed by atoms with E-state index in [9.17, 15) is 29.2 Å². The molecule has 1 fully saturated rings. The molecular weight excluding hydrogens is 412 g/mol. The third-order valence-corrected chi connectivity index (χ3v) is 5.58. The molecule has 166 valence electrons. The zero-order valence-electron chi connectivity index (χ0n) is 17.5. The summed E-state index contributed by atoms with van der Waals surface area (Å²) in [4.78, 5) is 63.9. The molecule has 8 heteroatoms. The van der Waals surface area contributed by atoms with Crippen LogP contribution >= 0.6 is 0 Å². The lowest BCUT2D eigenvalue weighted by molar-refractivity contribution is -0.632. The number of ketones is 2. The second-order valence-corrected chi connectivity index (χ2v) is 7.71. The Hall–Kier alpha value is -3.33. The monoisotopic (exact) mass is 436 g/mol. The van der Waals surface area contributed by atoms with Gasteiger partial charge in [-0.05, 0) is 25.5 Å². The molecule has 2 aromatic carbocycles. The van der Waals surface area contributed by atoms with Gasteiger partial charge < -0.3 is 10.9 Å². The van der Waals surface area contributed by atoms with Crippen LogP contribution in [0.5, 0.6) is 0 Å². The molecule has 3 rings (SSSR count). The third-order valence-electron chi connectivity index (χ3n) is 5.58. The third kappa shape index (κ3) is 4.34. The Bertz CT molecular complexity index is 1070. The van der Waals surface area contributed by atoms with Crippen LogP contribution < -0.4 is 5.73 Å². The Morgan fingerprint density at radius 2 is 1.53 bits per heavy atom. The first-order valence-electron chi connectivity index (χ1n) is 10.5. The number of carbonyl (C=O) groups is 5. The largest absolute Gasteiger partial charge is 0.610 e. The first kappa shape index (κ1) is 23.3. The Morgan fingerprint density at radius 1 is 0.906 bits per heavy atom. The minimum Gasteiger partial charge on any atom is -0.610 e. The fraction of sp³-hybridized carbons (Fsp3) is 0.292. The molecule has 2 unspecified atom stereocenters. The molecule has 1 heterocycles. The number of hydrogen-bond acceptors (Lipinski definition) is 7. The van der Waals surface area contributed by atoms with E-state index in [-0.39, 0.29) is 23.1 Å². The number of unbranched alkanes of at least 4 members (excludes halogenated alkanes) is 2. The van der Waals surface area contributed by atoms with Crippen molar-refractivity contribution < 1.29 is 28.6 Å². The number of nitrogens with two attached hydrogens (primary N) is 1. The van der Waals surface area contributed by atoms with Gasteiger partial charge in [0.25, 0.3) is 0 Å². The lowest BCUT2D eigenvalue weighted by Gasteiger charge is -2.30. The van der Waals surface area contributed by atoms with Crippen molar-refractivity contribution in [1.82, 2.24) is 0 Å². The number of rotatable bonds is 9. The number of hydroxylamine groups is 3. The van der Waals surface area contributed by atoms with Crippen molar-refractivity contribution in [3.05, 3.63) is 76.5 Å². The van der Waals surface area contributed by atoms with Gasteiger partial charge in [0.2, 0.25) is 0 Å². The van der Waals surface area contributed by atoms with Gasteiger partial charge in [0.15, 0.2) is 5.78 Å². The van der Waals surface area contributed by atoms with E-state index in [2.05, 4.69) is 0 Å². The predicted molar refractivity (Wildman–Crippen MR) is 115 cm³/mol. The molecule has 2 N–H and O–H groups in total. The van der Waals surface area contributed by atoms with E-state index < -0.39 is 46.3 Å². The van der Waals surface area contributed by atoms with Crippen molar-refractivity contribution in [3.63, 3.8) is 0 Å². The number of quaternary nitrogens is 1. The molecule has 8 nitrogen and oxygen atoms in total. The fourth-order valence-electron chi connectivity index (χ4n) is 3.77. The first-order chi connectivity index (χ1) is 15.3. The number of benzene rings is 2. The van der Waals surface area contributed by atoms with Crippen LogP contribution in [0.15, 0.2) is 54.6 Å². The standard InChI is InChI=1S/C24H24N2O6/c25-14-8-2-5-13-20(27)19-15-21(28)26(32,24(19)31)23(30)18-12-7-6-11-17(18)22(29)16-9-3-1-4-10-16/h1,3-4,6-7,9-12,19H,2,5,8,13-15,25H2. The van der Waals surface area contributed by atoms with Crippen molar-refractivity contribution in [3.8, 4) is 0 Å². The van der Waals surface area contributed by atoms with Crippen LogP contribution in [0.25, 0.3) is 0 Å². The molecular formula is C24H24N2O6. The molecule has 0 aliphatic carbocycles. The van der Waals surface area contributed by atoms with Crippen molar-refractivity contribution in [1.29, 1.82) is 0 Å². The zero-order valence-corrected chi connectivity index (χ0v) is 17.5. The Balaban J connectivity index is 1.88. The maximum Gasteiger partial charge on any atom is 0.361 e. The highest BCUT2D eigenvalue weighted by Gasteiger charge is 2.57. The number of hydrogen-bond donors (Lipinski definition) is 1. The molecule has 1 aliphatic rings. The molecule has 0 bridgehead atoms. The highest BCUT2D eigenvalue weighted by Crippen LogP contribution is 2.32. The highest BCUT2D eigenvalue weighted by molar-refractivity contribution is 6.19. The first-order valence-corrected chi connectivity index (χ1v) is 10.5. The van der Waals surface area contributed by atoms with Gasteiger partial charge in [-0.25, -0.2) is 14.4 Å². The van der Waals surface area contributed by atoms with Crippen LogP contribution in [0.4, 0.5) is 0 Å². The van der Waals surface area contributed by atoms with Crippen LogP contribution in [-0.2, 0) is 14.4 Å². The lowest BCUT2D eigenvalue weighted by atomic mass is 9.96. The second kappa shape index (κ2) is 9.86. The number of carbonyl (C=O) groups excluding carboxylic acids is 5. The van der Waals surface area contributed by atoms with E-state index in [1.165, 1.54) is 24.3 Å². The van der Waals surface area contributed by atoms with Gasteiger partial charge in [0, 0.05) is 17.5 Å². The van der Waals surface area contributed by atoms with Crippen LogP contribution in [0.2, 0.25) is 0 Å². The van der Waals surface area contributed by atoms with Crippen molar-refractivity contribution >= 4 is 29.3 Å². The number of likely N-dealkylation sites (tertiary alicyclic amines) is 1. The van der Waals surface area contributed by atoms with E-state index in [0.29, 0.717) is 19.4 Å². The summed E-state index contributed by atoms with van der Waals surface area (Å²) in [5.41, 5.74) is 5.29. The Kier molecular flexibility index (Phi) is 7.19. The van der Waals surface area contributed by atoms with Gasteiger partial charge in [-0.3, -0.25) is 9.59 Å². The molecule has 1 saturated heterocycles. The summed E-state index contributed by atoms with van der Waals surface area (Å²) in [6, 6.07) is 13.7. The number of nitrogens with zero attached hydrogens (tertiary/aromatic N) is 1. The van der Waals surface area contributed by atoms with Gasteiger partial charge in [0.05, 0.1) is 12.0 Å². The average Bonchev–Trinajstić information content (AvgIpc) is 3.06. The van der Waals surface area contributed by atoms with Crippen LogP contribution in [-0.4, -0.2) is 40.5 Å². The van der Waals surface area contributed by atoms with E-state index in [4.69, 9.17) is 5.73 Å². The van der Waals surface area contributed by atoms with E-state index in [0.717, 1.165) is 6.42 Å². The molecule has 0 saturated carbocycles. The summed E-state index contributed by atoms with van der Waals surface area (Å²) in [6.07, 6.45) is 1.30. The van der Waals surface area contributed by atoms with Gasteiger partial charge >= 0.3 is 17.7 Å². The average molecular weight is 436 g/mol. The van der Waals surface area contributed by atoms with E-state index in [1.54, 1.807) is 30.3 Å². The molecule has 0 aromatic heterocycles. The quantitative estimate of drug-likeness (QED) is 0.159. The normalized spacial score (nSPS) is 20.4. The minimum absolute atomic E-state index is 0.0287. The van der Waals surface area contributed by atoms with Gasteiger partial charge in [-0.15, -0.1) is 0 Å². The number of imide groups is 3. The highest BCUT2D eigenvalue weighted by atomic mass is 16.6. The summed E-state index contributed by atoms with van der Waals surface area (Å²) in [7, 11) is 0. The molecule has 32 heavy (non-hydrogen) atoms. The number of Topliss-reactive ketones (excluding diaryl/α,β-unsaturated/α-hetero) is 1. The summed E-state index contributed by atoms with van der Waals surface area (Å²) in [5, 5.41) is 13.3. The molecule has 0 spiro atoms. The Labute approximate surface area is 185 Å². The topological polar surface area (TPSA) is 134 Å². The van der Waals surface area contributed by atoms with Crippen LogP contribution in [0.3, 0.4) is 0 Å². The summed E-state index contributed by atoms with van der Waals surface area (Å²) >= 11 is 0. The summed E-state index contributed by atoms with van der Waals surface area (Å²) < 4.78 is -2.39. The van der Waals surface area contributed by atoms with Gasteiger partial charge in [0.1, 0.15) is 11.7 Å². The van der Waals surface area contributed by atoms with Crippen molar-refractivity contribution in [2.75, 3.05) is 6.54 Å². The second-order valence-electron chi connectivity index (χ2n) is 7.71. The zero-order chi connectivity index (χ0) is 23.3. The molecule has 1 aliphatic heterocycles. The van der Waals surface area contributed by atoms with Gasteiger partial charge in [-0.2, -0.15) is 4.65 Å². The minimum atomic E-state index is -2.39. The van der Waals surface area contributed by atoms with Crippen molar-refractivity contribution in [2.45, 2.75) is 32.1 Å². The summed E-state index contributed by atoms with van der Waals surface area (Å²) in [5.74, 6) is -6.32.